The first-order valence-corrected chi connectivity index (χ1v) is 7.19. The van der Waals surface area contributed by atoms with Crippen LogP contribution in [0.2, 0.25) is 0 Å². The van der Waals surface area contributed by atoms with Gasteiger partial charge in [-0.1, -0.05) is 48.6 Å². The summed E-state index contributed by atoms with van der Waals surface area (Å²) in [6.45, 7) is 0. The fourth-order valence-corrected chi connectivity index (χ4v) is 2.46. The van der Waals surface area contributed by atoms with Gasteiger partial charge in [0, 0.05) is 5.56 Å². The van der Waals surface area contributed by atoms with E-state index in [1.807, 2.05) is 36.4 Å². The number of rotatable bonds is 4. The summed E-state index contributed by atoms with van der Waals surface area (Å²) in [6, 6.07) is 20.5. The van der Waals surface area contributed by atoms with Gasteiger partial charge >= 0.3 is 0 Å². The highest BCUT2D eigenvalue weighted by Gasteiger charge is 1.99. The fraction of sp³-hybridized carbons (Fsp3) is 0.100. The second kappa shape index (κ2) is 6.35. The number of hydrogen-bond acceptors (Lipinski definition) is 2. The van der Waals surface area contributed by atoms with E-state index < -0.39 is 0 Å². The van der Waals surface area contributed by atoms with Crippen molar-refractivity contribution in [3.8, 4) is 11.5 Å². The van der Waals surface area contributed by atoms with Gasteiger partial charge in [0.05, 0.1) is 14.2 Å². The molecule has 0 spiro atoms. The molecule has 0 fully saturated rings. The Balaban J connectivity index is 1.92. The predicted molar refractivity (Wildman–Crippen MR) is 92.4 cm³/mol. The summed E-state index contributed by atoms with van der Waals surface area (Å²) in [5.41, 5.74) is 2.23. The van der Waals surface area contributed by atoms with Crippen LogP contribution in [0, 0.1) is 0 Å². The summed E-state index contributed by atoms with van der Waals surface area (Å²) in [5, 5.41) is 2.37. The molecule has 0 aliphatic carbocycles. The van der Waals surface area contributed by atoms with Crippen LogP contribution in [-0.4, -0.2) is 14.2 Å². The molecule has 2 nitrogen and oxygen atoms in total. The molecule has 0 aliphatic heterocycles. The summed E-state index contributed by atoms with van der Waals surface area (Å²) < 4.78 is 10.6. The Bertz CT molecular complexity index is 819. The van der Waals surface area contributed by atoms with E-state index in [-0.39, 0.29) is 0 Å². The lowest BCUT2D eigenvalue weighted by Gasteiger charge is -2.05. The normalized spacial score (nSPS) is 11.0. The minimum atomic E-state index is 0.879. The standard InChI is InChI=1S/C20H18O2/c1-21-19-12-11-17-13-15(8-10-18(17)14-19)7-9-16-5-3-4-6-20(16)22-2/h3-14H,1-2H3/b9-7+. The largest absolute Gasteiger partial charge is 0.497 e. The number of methoxy groups -OCH3 is 2. The molecule has 3 aromatic carbocycles. The maximum atomic E-state index is 5.36. The van der Waals surface area contributed by atoms with Gasteiger partial charge in [0.15, 0.2) is 0 Å². The van der Waals surface area contributed by atoms with Crippen molar-refractivity contribution in [2.45, 2.75) is 0 Å². The van der Waals surface area contributed by atoms with Crippen LogP contribution >= 0.6 is 0 Å². The highest BCUT2D eigenvalue weighted by molar-refractivity contribution is 5.87. The number of fused-ring (bicyclic) bond motifs is 1. The average molecular weight is 290 g/mol. The SMILES string of the molecule is COc1ccc2cc(/C=C/c3ccccc3OC)ccc2c1. The van der Waals surface area contributed by atoms with Crippen molar-refractivity contribution < 1.29 is 9.47 Å². The number of para-hydroxylation sites is 1. The maximum Gasteiger partial charge on any atom is 0.126 e. The van der Waals surface area contributed by atoms with Crippen LogP contribution < -0.4 is 9.47 Å². The van der Waals surface area contributed by atoms with E-state index in [4.69, 9.17) is 9.47 Å². The molecule has 0 unspecified atom stereocenters. The molecule has 3 rings (SSSR count). The zero-order chi connectivity index (χ0) is 15.4. The van der Waals surface area contributed by atoms with Crippen LogP contribution in [0.25, 0.3) is 22.9 Å². The van der Waals surface area contributed by atoms with Crippen molar-refractivity contribution in [3.05, 3.63) is 71.8 Å². The second-order valence-electron chi connectivity index (χ2n) is 5.05. The fourth-order valence-electron chi connectivity index (χ4n) is 2.46. The summed E-state index contributed by atoms with van der Waals surface area (Å²) in [7, 11) is 3.38. The van der Waals surface area contributed by atoms with Crippen molar-refractivity contribution >= 4 is 22.9 Å². The average Bonchev–Trinajstić information content (AvgIpc) is 2.59. The first kappa shape index (κ1) is 14.2. The molecular weight excluding hydrogens is 272 g/mol. The van der Waals surface area contributed by atoms with Crippen LogP contribution in [0.15, 0.2) is 60.7 Å². The Morgan fingerprint density at radius 1 is 0.727 bits per heavy atom. The molecule has 2 heteroatoms. The van der Waals surface area contributed by atoms with Crippen molar-refractivity contribution in [1.29, 1.82) is 0 Å². The Morgan fingerprint density at radius 2 is 1.50 bits per heavy atom. The van der Waals surface area contributed by atoms with Crippen molar-refractivity contribution in [2.75, 3.05) is 14.2 Å². The molecular formula is C20H18O2. The highest BCUT2D eigenvalue weighted by atomic mass is 16.5. The first-order chi connectivity index (χ1) is 10.8. The molecule has 0 N–H and O–H groups in total. The van der Waals surface area contributed by atoms with E-state index >= 15 is 0 Å². The van der Waals surface area contributed by atoms with Crippen LogP contribution in [0.5, 0.6) is 11.5 Å². The molecule has 0 atom stereocenters. The van der Waals surface area contributed by atoms with E-state index in [9.17, 15) is 0 Å². The minimum absolute atomic E-state index is 0.879. The lowest BCUT2D eigenvalue weighted by molar-refractivity contribution is 0.414. The lowest BCUT2D eigenvalue weighted by Crippen LogP contribution is -1.85. The first-order valence-electron chi connectivity index (χ1n) is 7.19. The Labute approximate surface area is 130 Å². The third-order valence-electron chi connectivity index (χ3n) is 3.67. The van der Waals surface area contributed by atoms with E-state index in [1.165, 1.54) is 10.8 Å². The zero-order valence-electron chi connectivity index (χ0n) is 12.7. The van der Waals surface area contributed by atoms with Crippen LogP contribution in [0.1, 0.15) is 11.1 Å². The van der Waals surface area contributed by atoms with Gasteiger partial charge in [-0.25, -0.2) is 0 Å². The van der Waals surface area contributed by atoms with Crippen molar-refractivity contribution in [2.24, 2.45) is 0 Å². The van der Waals surface area contributed by atoms with Gasteiger partial charge in [0.2, 0.25) is 0 Å². The topological polar surface area (TPSA) is 18.5 Å². The van der Waals surface area contributed by atoms with E-state index in [0.717, 1.165) is 22.6 Å². The maximum absolute atomic E-state index is 5.36. The van der Waals surface area contributed by atoms with Crippen molar-refractivity contribution in [3.63, 3.8) is 0 Å². The van der Waals surface area contributed by atoms with E-state index in [1.54, 1.807) is 14.2 Å². The number of hydrogen-bond donors (Lipinski definition) is 0. The third-order valence-corrected chi connectivity index (χ3v) is 3.67. The molecule has 110 valence electrons. The van der Waals surface area contributed by atoms with Crippen LogP contribution in [0.4, 0.5) is 0 Å². The van der Waals surface area contributed by atoms with Gasteiger partial charge in [-0.2, -0.15) is 0 Å². The van der Waals surface area contributed by atoms with Crippen molar-refractivity contribution in [1.82, 2.24) is 0 Å². The predicted octanol–water partition coefficient (Wildman–Crippen LogP) is 5.03. The smallest absolute Gasteiger partial charge is 0.126 e. The summed E-state index contributed by atoms with van der Waals surface area (Å²) in [5.74, 6) is 1.76. The quantitative estimate of drug-likeness (QED) is 0.628. The number of benzene rings is 3. The van der Waals surface area contributed by atoms with Gasteiger partial charge < -0.3 is 9.47 Å². The van der Waals surface area contributed by atoms with Gasteiger partial charge in [-0.3, -0.25) is 0 Å². The summed E-state index contributed by atoms with van der Waals surface area (Å²) >= 11 is 0. The Kier molecular flexibility index (Phi) is 4.10. The molecule has 0 amide bonds. The molecule has 3 aromatic rings. The Morgan fingerprint density at radius 3 is 2.32 bits per heavy atom. The summed E-state index contributed by atoms with van der Waals surface area (Å²) in [4.78, 5) is 0. The van der Waals surface area contributed by atoms with Crippen LogP contribution in [-0.2, 0) is 0 Å². The highest BCUT2D eigenvalue weighted by Crippen LogP contribution is 2.24. The monoisotopic (exact) mass is 290 g/mol. The summed E-state index contributed by atoms with van der Waals surface area (Å²) in [6.07, 6.45) is 4.17. The second-order valence-corrected chi connectivity index (χ2v) is 5.05. The molecule has 22 heavy (non-hydrogen) atoms. The van der Waals surface area contributed by atoms with Gasteiger partial charge in [-0.05, 0) is 40.6 Å². The molecule has 0 saturated carbocycles. The van der Waals surface area contributed by atoms with E-state index in [2.05, 4.69) is 36.4 Å². The molecule has 0 aromatic heterocycles. The van der Waals surface area contributed by atoms with Gasteiger partial charge in [-0.15, -0.1) is 0 Å². The molecule has 0 radical (unpaired) electrons. The van der Waals surface area contributed by atoms with Gasteiger partial charge in [0.25, 0.3) is 0 Å². The molecule has 0 saturated heterocycles. The van der Waals surface area contributed by atoms with Crippen LogP contribution in [0.3, 0.4) is 0 Å². The lowest BCUT2D eigenvalue weighted by atomic mass is 10.1. The molecule has 0 aliphatic rings. The molecule has 0 heterocycles. The van der Waals surface area contributed by atoms with Gasteiger partial charge in [0.1, 0.15) is 11.5 Å². The zero-order valence-corrected chi connectivity index (χ0v) is 12.7. The molecule has 0 bridgehead atoms. The third kappa shape index (κ3) is 2.96. The minimum Gasteiger partial charge on any atom is -0.497 e. The number of ether oxygens (including phenoxy) is 2. The Hall–Kier alpha value is -2.74. The van der Waals surface area contributed by atoms with E-state index in [0.29, 0.717) is 0 Å².